The molecule has 0 unspecified atom stereocenters. The van der Waals surface area contributed by atoms with Gasteiger partial charge in [0.05, 0.1) is 16.1 Å². The normalized spacial score (nSPS) is 12.5. The zero-order valence-electron chi connectivity index (χ0n) is 18.1. The Kier molecular flexibility index (Phi) is 6.39. The van der Waals surface area contributed by atoms with Crippen molar-refractivity contribution < 1.29 is 21.6 Å². The van der Waals surface area contributed by atoms with Crippen LogP contribution >= 0.6 is 0 Å². The predicted molar refractivity (Wildman–Crippen MR) is 115 cm³/mol. The van der Waals surface area contributed by atoms with Crippen molar-refractivity contribution >= 4 is 10.0 Å². The first-order chi connectivity index (χ1) is 14.8. The fourth-order valence-corrected chi connectivity index (χ4v) is 4.54. The van der Waals surface area contributed by atoms with Crippen molar-refractivity contribution in [2.75, 3.05) is 0 Å². The van der Waals surface area contributed by atoms with Gasteiger partial charge in [0.1, 0.15) is 0 Å². The molecule has 1 aromatic heterocycles. The maximum atomic E-state index is 12.8. The van der Waals surface area contributed by atoms with Crippen molar-refractivity contribution in [2.24, 2.45) is 7.05 Å². The summed E-state index contributed by atoms with van der Waals surface area (Å²) in [5.74, 6) is 0.0454. The summed E-state index contributed by atoms with van der Waals surface area (Å²) in [7, 11) is -2.14. The lowest BCUT2D eigenvalue weighted by Crippen LogP contribution is -2.24. The van der Waals surface area contributed by atoms with E-state index in [9.17, 15) is 26.4 Å². The van der Waals surface area contributed by atoms with Crippen LogP contribution in [-0.2, 0) is 29.8 Å². The van der Waals surface area contributed by atoms with Crippen molar-refractivity contribution in [1.29, 1.82) is 0 Å². The van der Waals surface area contributed by atoms with Gasteiger partial charge in [-0.05, 0) is 54.8 Å². The Bertz CT molecular complexity index is 1270. The highest BCUT2D eigenvalue weighted by atomic mass is 32.2. The largest absolute Gasteiger partial charge is 0.416 e. The Morgan fingerprint density at radius 1 is 1.00 bits per heavy atom. The van der Waals surface area contributed by atoms with Crippen LogP contribution in [0.4, 0.5) is 13.2 Å². The van der Waals surface area contributed by atoms with Gasteiger partial charge in [-0.1, -0.05) is 26.0 Å². The Balaban J connectivity index is 1.80. The topological polar surface area (TPSA) is 73.1 Å². The molecule has 0 aliphatic carbocycles. The monoisotopic (exact) mass is 467 g/mol. The second-order valence-corrected chi connectivity index (χ2v) is 9.57. The Labute approximate surface area is 184 Å². The summed E-state index contributed by atoms with van der Waals surface area (Å²) in [6.07, 6.45) is -4.45. The minimum atomic E-state index is -4.45. The first kappa shape index (κ1) is 23.8. The van der Waals surface area contributed by atoms with Crippen LogP contribution in [0.3, 0.4) is 0 Å². The molecule has 0 atom stereocenters. The summed E-state index contributed by atoms with van der Waals surface area (Å²) >= 11 is 0. The lowest BCUT2D eigenvalue weighted by atomic mass is 10.0. The van der Waals surface area contributed by atoms with Crippen LogP contribution < -0.4 is 10.3 Å². The van der Waals surface area contributed by atoms with E-state index in [4.69, 9.17) is 0 Å². The van der Waals surface area contributed by atoms with Gasteiger partial charge < -0.3 is 0 Å². The van der Waals surface area contributed by atoms with Crippen LogP contribution in [0.2, 0.25) is 0 Å². The summed E-state index contributed by atoms with van der Waals surface area (Å²) in [4.78, 5) is 12.8. The third kappa shape index (κ3) is 4.66. The second-order valence-electron chi connectivity index (χ2n) is 7.81. The molecular formula is C22H24F3N3O3S. The SMILES string of the molecule is Cc1c(C(C)C)c(=O)n(-c2ccc(S(=O)(=O)NCc3ccc(C(F)(F)F)cc3)cc2)n1C. The minimum Gasteiger partial charge on any atom is -0.285 e. The van der Waals surface area contributed by atoms with Gasteiger partial charge in [0.2, 0.25) is 10.0 Å². The Morgan fingerprint density at radius 3 is 2.03 bits per heavy atom. The highest BCUT2D eigenvalue weighted by Crippen LogP contribution is 2.29. The second kappa shape index (κ2) is 8.59. The van der Waals surface area contributed by atoms with Crippen molar-refractivity contribution in [2.45, 2.75) is 44.3 Å². The Morgan fingerprint density at radius 2 is 1.56 bits per heavy atom. The highest BCUT2D eigenvalue weighted by Gasteiger charge is 2.30. The number of aromatic nitrogens is 2. The van der Waals surface area contributed by atoms with Gasteiger partial charge in [-0.2, -0.15) is 13.2 Å². The molecule has 0 bridgehead atoms. The van der Waals surface area contributed by atoms with E-state index in [-0.39, 0.29) is 22.9 Å². The number of sulfonamides is 1. The molecular weight excluding hydrogens is 443 g/mol. The molecule has 6 nitrogen and oxygen atoms in total. The first-order valence-electron chi connectivity index (χ1n) is 9.87. The molecule has 1 heterocycles. The molecule has 0 saturated heterocycles. The van der Waals surface area contributed by atoms with Crippen molar-refractivity contribution in [1.82, 2.24) is 14.1 Å². The minimum absolute atomic E-state index is 0.0174. The summed E-state index contributed by atoms with van der Waals surface area (Å²) in [6, 6.07) is 10.1. The maximum absolute atomic E-state index is 12.8. The number of nitrogens with zero attached hydrogens (tertiary/aromatic N) is 2. The quantitative estimate of drug-likeness (QED) is 0.593. The van der Waals surface area contributed by atoms with E-state index in [0.29, 0.717) is 16.8 Å². The number of hydrogen-bond donors (Lipinski definition) is 1. The third-order valence-electron chi connectivity index (χ3n) is 5.31. The number of alkyl halides is 3. The molecule has 0 amide bonds. The molecule has 0 fully saturated rings. The standard InChI is InChI=1S/C22H24F3N3O3S/c1-14(2)20-15(3)27(4)28(21(20)29)18-9-11-19(12-10-18)32(30,31)26-13-16-5-7-17(8-6-16)22(23,24)25/h5-12,14,26H,13H2,1-4H3. The van der Waals surface area contributed by atoms with Gasteiger partial charge in [0.15, 0.2) is 0 Å². The van der Waals surface area contributed by atoms with Crippen molar-refractivity contribution in [3.63, 3.8) is 0 Å². The molecule has 0 aliphatic rings. The number of halogens is 3. The van der Waals surface area contributed by atoms with E-state index in [1.54, 1.807) is 11.7 Å². The van der Waals surface area contributed by atoms with Crippen LogP contribution in [0.15, 0.2) is 58.2 Å². The Hall–Kier alpha value is -2.85. The fourth-order valence-electron chi connectivity index (χ4n) is 3.52. The highest BCUT2D eigenvalue weighted by molar-refractivity contribution is 7.89. The van der Waals surface area contributed by atoms with Gasteiger partial charge in [0, 0.05) is 24.8 Å². The smallest absolute Gasteiger partial charge is 0.285 e. The van der Waals surface area contributed by atoms with Gasteiger partial charge >= 0.3 is 6.18 Å². The molecule has 0 saturated carbocycles. The molecule has 3 rings (SSSR count). The van der Waals surface area contributed by atoms with Crippen molar-refractivity contribution in [3.8, 4) is 5.69 Å². The molecule has 0 aliphatic heterocycles. The molecule has 0 spiro atoms. The summed E-state index contributed by atoms with van der Waals surface area (Å²) < 4.78 is 68.7. The van der Waals surface area contributed by atoms with E-state index in [2.05, 4.69) is 4.72 Å². The summed E-state index contributed by atoms with van der Waals surface area (Å²) in [6.45, 7) is 5.58. The van der Waals surface area contributed by atoms with E-state index >= 15 is 0 Å². The van der Waals surface area contributed by atoms with E-state index in [1.807, 2.05) is 20.8 Å². The van der Waals surface area contributed by atoms with Crippen LogP contribution in [0.5, 0.6) is 0 Å². The molecule has 3 aromatic rings. The lowest BCUT2D eigenvalue weighted by molar-refractivity contribution is -0.137. The van der Waals surface area contributed by atoms with E-state index < -0.39 is 21.8 Å². The number of rotatable bonds is 6. The zero-order valence-corrected chi connectivity index (χ0v) is 18.9. The van der Waals surface area contributed by atoms with Crippen molar-refractivity contribution in [3.05, 3.63) is 81.3 Å². The van der Waals surface area contributed by atoms with Gasteiger partial charge in [0.25, 0.3) is 5.56 Å². The number of hydrogen-bond acceptors (Lipinski definition) is 3. The molecule has 1 N–H and O–H groups in total. The van der Waals surface area contributed by atoms with Crippen LogP contribution in [0.1, 0.15) is 42.1 Å². The average Bonchev–Trinajstić information content (AvgIpc) is 2.94. The molecule has 172 valence electrons. The number of nitrogens with one attached hydrogen (secondary N) is 1. The predicted octanol–water partition coefficient (Wildman–Crippen LogP) is 4.11. The summed E-state index contributed by atoms with van der Waals surface area (Å²) in [5, 5.41) is 0. The molecule has 32 heavy (non-hydrogen) atoms. The number of benzene rings is 2. The van der Waals surface area contributed by atoms with Gasteiger partial charge in [-0.15, -0.1) is 0 Å². The van der Waals surface area contributed by atoms with Gasteiger partial charge in [-0.25, -0.2) is 17.8 Å². The van der Waals surface area contributed by atoms with E-state index in [0.717, 1.165) is 17.8 Å². The average molecular weight is 468 g/mol. The maximum Gasteiger partial charge on any atom is 0.416 e. The van der Waals surface area contributed by atoms with Crippen LogP contribution in [0, 0.1) is 6.92 Å². The summed E-state index contributed by atoms with van der Waals surface area (Å²) in [5.41, 5.74) is 1.49. The lowest BCUT2D eigenvalue weighted by Gasteiger charge is -2.11. The van der Waals surface area contributed by atoms with Crippen LogP contribution in [0.25, 0.3) is 5.69 Å². The van der Waals surface area contributed by atoms with E-state index in [1.165, 1.54) is 41.1 Å². The molecule has 0 radical (unpaired) electrons. The molecule has 2 aromatic carbocycles. The fraction of sp³-hybridized carbons (Fsp3) is 0.318. The van der Waals surface area contributed by atoms with Crippen LogP contribution in [-0.4, -0.2) is 17.8 Å². The third-order valence-corrected chi connectivity index (χ3v) is 6.73. The zero-order chi connectivity index (χ0) is 23.8. The first-order valence-corrected chi connectivity index (χ1v) is 11.4. The van der Waals surface area contributed by atoms with Gasteiger partial charge in [-0.3, -0.25) is 9.48 Å². The molecule has 10 heteroatoms.